The van der Waals surface area contributed by atoms with E-state index in [9.17, 15) is 24.1 Å². The first-order valence-electron chi connectivity index (χ1n) is 7.59. The van der Waals surface area contributed by atoms with Gasteiger partial charge in [-0.1, -0.05) is 24.3 Å². The minimum absolute atomic E-state index is 0.121. The van der Waals surface area contributed by atoms with Gasteiger partial charge in [-0.05, 0) is 24.6 Å². The molecule has 0 spiro atoms. The van der Waals surface area contributed by atoms with Crippen LogP contribution in [0.3, 0.4) is 0 Å². The van der Waals surface area contributed by atoms with Crippen LogP contribution < -0.4 is 10.2 Å². The molecule has 1 atom stereocenters. The van der Waals surface area contributed by atoms with Crippen molar-refractivity contribution in [1.82, 2.24) is 5.32 Å². The highest BCUT2D eigenvalue weighted by atomic mass is 19.1. The average molecular weight is 343 g/mol. The number of nitrogens with one attached hydrogen (secondary N) is 1. The molecule has 0 saturated carbocycles. The standard InChI is InChI=1S/C17H14FN3O4/c18-12-6-2-4-8-15(12)20-10-9-13(17(20)23)19-16(22)11-5-1-3-7-14(11)21(24)25/h1-8,13H,9-10H2,(H,19,22). The molecule has 0 aliphatic carbocycles. The van der Waals surface area contributed by atoms with Crippen LogP contribution >= 0.6 is 0 Å². The van der Waals surface area contributed by atoms with Gasteiger partial charge in [-0.15, -0.1) is 0 Å². The summed E-state index contributed by atoms with van der Waals surface area (Å²) < 4.78 is 13.9. The van der Waals surface area contributed by atoms with Crippen LogP contribution in [0.1, 0.15) is 16.8 Å². The van der Waals surface area contributed by atoms with E-state index < -0.39 is 28.6 Å². The summed E-state index contributed by atoms with van der Waals surface area (Å²) in [6, 6.07) is 10.5. The number of carbonyl (C=O) groups is 2. The van der Waals surface area contributed by atoms with Crippen molar-refractivity contribution >= 4 is 23.2 Å². The number of halogens is 1. The average Bonchev–Trinajstić information content (AvgIpc) is 2.96. The fraction of sp³-hybridized carbons (Fsp3) is 0.176. The number of nitrogens with zero attached hydrogens (tertiary/aromatic N) is 2. The Hall–Kier alpha value is -3.29. The molecule has 2 amide bonds. The predicted octanol–water partition coefficient (Wildman–Crippen LogP) is 2.27. The number of hydrogen-bond acceptors (Lipinski definition) is 4. The largest absolute Gasteiger partial charge is 0.340 e. The highest BCUT2D eigenvalue weighted by Gasteiger charge is 2.35. The van der Waals surface area contributed by atoms with Crippen molar-refractivity contribution in [3.63, 3.8) is 0 Å². The van der Waals surface area contributed by atoms with Gasteiger partial charge in [0, 0.05) is 12.6 Å². The Morgan fingerprint density at radius 2 is 1.88 bits per heavy atom. The fourth-order valence-corrected chi connectivity index (χ4v) is 2.78. The van der Waals surface area contributed by atoms with E-state index in [1.165, 1.54) is 47.4 Å². The van der Waals surface area contributed by atoms with Crippen LogP contribution in [0.4, 0.5) is 15.8 Å². The first kappa shape index (κ1) is 16.6. The minimum Gasteiger partial charge on any atom is -0.340 e. The van der Waals surface area contributed by atoms with Crippen LogP contribution in [0, 0.1) is 15.9 Å². The van der Waals surface area contributed by atoms with E-state index in [-0.39, 0.29) is 23.5 Å². The van der Waals surface area contributed by atoms with Crippen molar-refractivity contribution in [2.45, 2.75) is 12.5 Å². The molecule has 1 saturated heterocycles. The Morgan fingerprint density at radius 1 is 1.20 bits per heavy atom. The molecule has 2 aromatic rings. The van der Waals surface area contributed by atoms with E-state index in [1.807, 2.05) is 0 Å². The summed E-state index contributed by atoms with van der Waals surface area (Å²) in [7, 11) is 0. The van der Waals surface area contributed by atoms with Crippen LogP contribution in [0.2, 0.25) is 0 Å². The van der Waals surface area contributed by atoms with E-state index in [0.29, 0.717) is 6.42 Å². The summed E-state index contributed by atoms with van der Waals surface area (Å²) in [4.78, 5) is 36.4. The van der Waals surface area contributed by atoms with E-state index in [0.717, 1.165) is 0 Å². The number of nitro benzene ring substituents is 1. The molecule has 128 valence electrons. The third kappa shape index (κ3) is 3.18. The van der Waals surface area contributed by atoms with E-state index in [1.54, 1.807) is 6.07 Å². The van der Waals surface area contributed by atoms with Crippen molar-refractivity contribution < 1.29 is 18.9 Å². The first-order chi connectivity index (χ1) is 12.0. The molecule has 0 bridgehead atoms. The Balaban J connectivity index is 1.77. The zero-order chi connectivity index (χ0) is 18.0. The molecule has 8 heteroatoms. The quantitative estimate of drug-likeness (QED) is 0.681. The first-order valence-corrected chi connectivity index (χ1v) is 7.59. The Kier molecular flexibility index (Phi) is 4.42. The van der Waals surface area contributed by atoms with E-state index >= 15 is 0 Å². The van der Waals surface area contributed by atoms with Crippen LogP contribution in [-0.2, 0) is 4.79 Å². The van der Waals surface area contributed by atoms with Gasteiger partial charge >= 0.3 is 0 Å². The molecule has 3 rings (SSSR count). The Labute approximate surface area is 142 Å². The fourth-order valence-electron chi connectivity index (χ4n) is 2.78. The van der Waals surface area contributed by atoms with Gasteiger partial charge in [0.15, 0.2) is 0 Å². The maximum atomic E-state index is 13.9. The summed E-state index contributed by atoms with van der Waals surface area (Å²) in [5.41, 5.74) is -0.309. The lowest BCUT2D eigenvalue weighted by Crippen LogP contribution is -2.41. The van der Waals surface area contributed by atoms with Crippen LogP contribution in [-0.4, -0.2) is 29.3 Å². The summed E-state index contributed by atoms with van der Waals surface area (Å²) in [6.45, 7) is 0.252. The van der Waals surface area contributed by atoms with Gasteiger partial charge in [0.1, 0.15) is 17.4 Å². The predicted molar refractivity (Wildman–Crippen MR) is 87.7 cm³/mol. The SMILES string of the molecule is O=C(NC1CCN(c2ccccc2F)C1=O)c1ccccc1[N+](=O)[O-]. The molecular formula is C17H14FN3O4. The Bertz CT molecular complexity index is 855. The number of carbonyl (C=O) groups excluding carboxylic acids is 2. The second-order valence-electron chi connectivity index (χ2n) is 5.53. The highest BCUT2D eigenvalue weighted by Crippen LogP contribution is 2.25. The van der Waals surface area contributed by atoms with Gasteiger partial charge in [0.05, 0.1) is 10.6 Å². The normalized spacial score (nSPS) is 16.8. The third-order valence-corrected chi connectivity index (χ3v) is 4.00. The highest BCUT2D eigenvalue weighted by molar-refractivity contribution is 6.05. The molecule has 0 aromatic heterocycles. The van der Waals surface area contributed by atoms with Crippen LogP contribution in [0.15, 0.2) is 48.5 Å². The van der Waals surface area contributed by atoms with E-state index in [4.69, 9.17) is 0 Å². The molecule has 25 heavy (non-hydrogen) atoms. The number of amides is 2. The van der Waals surface area contributed by atoms with Gasteiger partial charge in [-0.25, -0.2) is 4.39 Å². The molecule has 1 aliphatic rings. The second kappa shape index (κ2) is 6.68. The van der Waals surface area contributed by atoms with Crippen molar-refractivity contribution in [1.29, 1.82) is 0 Å². The molecule has 2 aromatic carbocycles. The summed E-state index contributed by atoms with van der Waals surface area (Å²) in [5, 5.41) is 13.5. The van der Waals surface area contributed by atoms with Crippen molar-refractivity contribution in [2.75, 3.05) is 11.4 Å². The number of rotatable bonds is 4. The number of para-hydroxylation sites is 2. The van der Waals surface area contributed by atoms with Crippen molar-refractivity contribution in [2.24, 2.45) is 0 Å². The second-order valence-corrected chi connectivity index (χ2v) is 5.53. The monoisotopic (exact) mass is 343 g/mol. The summed E-state index contributed by atoms with van der Waals surface area (Å²) in [6.07, 6.45) is 0.291. The van der Waals surface area contributed by atoms with Crippen LogP contribution in [0.5, 0.6) is 0 Å². The molecule has 1 aliphatic heterocycles. The lowest BCUT2D eigenvalue weighted by Gasteiger charge is -2.17. The lowest BCUT2D eigenvalue weighted by molar-refractivity contribution is -0.385. The lowest BCUT2D eigenvalue weighted by atomic mass is 10.1. The number of nitro groups is 1. The van der Waals surface area contributed by atoms with Crippen molar-refractivity contribution in [3.8, 4) is 0 Å². The van der Waals surface area contributed by atoms with E-state index in [2.05, 4.69) is 5.32 Å². The van der Waals surface area contributed by atoms with Crippen LogP contribution in [0.25, 0.3) is 0 Å². The van der Waals surface area contributed by atoms with Gasteiger partial charge in [0.2, 0.25) is 5.91 Å². The van der Waals surface area contributed by atoms with Crippen molar-refractivity contribution in [3.05, 3.63) is 70.0 Å². The summed E-state index contributed by atoms with van der Waals surface area (Å²) >= 11 is 0. The zero-order valence-electron chi connectivity index (χ0n) is 13.0. The van der Waals surface area contributed by atoms with Gasteiger partial charge < -0.3 is 10.2 Å². The molecule has 1 fully saturated rings. The molecule has 1 heterocycles. The molecule has 1 unspecified atom stereocenters. The molecule has 7 nitrogen and oxygen atoms in total. The van der Waals surface area contributed by atoms with Gasteiger partial charge in [-0.2, -0.15) is 0 Å². The molecule has 0 radical (unpaired) electrons. The number of hydrogen-bond donors (Lipinski definition) is 1. The molecule has 1 N–H and O–H groups in total. The molecular weight excluding hydrogens is 329 g/mol. The topological polar surface area (TPSA) is 92.6 Å². The maximum absolute atomic E-state index is 13.9. The Morgan fingerprint density at radius 3 is 2.60 bits per heavy atom. The third-order valence-electron chi connectivity index (χ3n) is 4.00. The van der Waals surface area contributed by atoms with Gasteiger partial charge in [-0.3, -0.25) is 19.7 Å². The minimum atomic E-state index is -0.855. The maximum Gasteiger partial charge on any atom is 0.282 e. The summed E-state index contributed by atoms with van der Waals surface area (Å²) in [5.74, 6) is -1.68. The zero-order valence-corrected chi connectivity index (χ0v) is 13.0. The number of anilines is 1. The number of benzene rings is 2. The van der Waals surface area contributed by atoms with Gasteiger partial charge in [0.25, 0.3) is 11.6 Å². The smallest absolute Gasteiger partial charge is 0.282 e.